The zero-order chi connectivity index (χ0) is 16.9. The Labute approximate surface area is 137 Å². The molecule has 1 aromatic heterocycles. The number of hydrazone groups is 1. The summed E-state index contributed by atoms with van der Waals surface area (Å²) in [6.07, 6.45) is 1.54. The molecule has 0 saturated carbocycles. The molecule has 0 aliphatic rings. The van der Waals surface area contributed by atoms with Crippen LogP contribution in [-0.4, -0.2) is 27.9 Å². The number of aromatic nitrogens is 2. The second-order valence-electron chi connectivity index (χ2n) is 4.96. The molecule has 7 nitrogen and oxygen atoms in total. The highest BCUT2D eigenvalue weighted by molar-refractivity contribution is 5.82. The molecule has 0 saturated heterocycles. The van der Waals surface area contributed by atoms with Gasteiger partial charge in [-0.3, -0.25) is 9.78 Å². The van der Waals surface area contributed by atoms with Gasteiger partial charge in [-0.05, 0) is 42.8 Å². The fourth-order valence-corrected chi connectivity index (χ4v) is 2.19. The minimum absolute atomic E-state index is 0.0717. The molecule has 0 radical (unpaired) electrons. The van der Waals surface area contributed by atoms with Gasteiger partial charge in [-0.25, -0.2) is 10.4 Å². The summed E-state index contributed by atoms with van der Waals surface area (Å²) in [5.74, 6) is 0.708. The molecule has 1 heterocycles. The number of rotatable bonds is 5. The number of hydrogen-bond donors (Lipinski definition) is 3. The number of phenolic OH excluding ortho intramolecular Hbond substituents is 1. The van der Waals surface area contributed by atoms with Gasteiger partial charge in [0.1, 0.15) is 0 Å². The molecule has 24 heavy (non-hydrogen) atoms. The predicted octanol–water partition coefficient (Wildman–Crippen LogP) is 2.47. The second kappa shape index (κ2) is 6.82. The Morgan fingerprint density at radius 2 is 2.17 bits per heavy atom. The van der Waals surface area contributed by atoms with Crippen molar-refractivity contribution in [3.63, 3.8) is 0 Å². The predicted molar refractivity (Wildman–Crippen MR) is 92.9 cm³/mol. The maximum atomic E-state index is 12.0. The molecule has 122 valence electrons. The monoisotopic (exact) mass is 324 g/mol. The van der Waals surface area contributed by atoms with Crippen molar-refractivity contribution in [3.05, 3.63) is 58.4 Å². The highest BCUT2D eigenvalue weighted by atomic mass is 16.5. The van der Waals surface area contributed by atoms with Crippen molar-refractivity contribution in [1.82, 2.24) is 9.97 Å². The van der Waals surface area contributed by atoms with Crippen LogP contribution >= 0.6 is 0 Å². The van der Waals surface area contributed by atoms with E-state index in [9.17, 15) is 9.90 Å². The van der Waals surface area contributed by atoms with E-state index in [1.54, 1.807) is 30.3 Å². The number of phenols is 1. The Bertz CT molecular complexity index is 950. The normalized spacial score (nSPS) is 11.0. The summed E-state index contributed by atoms with van der Waals surface area (Å²) in [6.45, 7) is 2.29. The molecule has 0 aliphatic carbocycles. The van der Waals surface area contributed by atoms with Crippen molar-refractivity contribution in [2.45, 2.75) is 6.92 Å². The average Bonchev–Trinajstić information content (AvgIpc) is 2.58. The van der Waals surface area contributed by atoms with Crippen molar-refractivity contribution in [3.8, 4) is 11.5 Å². The van der Waals surface area contributed by atoms with Crippen LogP contribution in [0.5, 0.6) is 11.5 Å². The summed E-state index contributed by atoms with van der Waals surface area (Å²) in [5.41, 5.74) is 3.77. The van der Waals surface area contributed by atoms with Gasteiger partial charge in [0.15, 0.2) is 11.5 Å². The van der Waals surface area contributed by atoms with Crippen LogP contribution in [0.3, 0.4) is 0 Å². The van der Waals surface area contributed by atoms with E-state index in [4.69, 9.17) is 4.74 Å². The molecule has 0 spiro atoms. The van der Waals surface area contributed by atoms with Crippen LogP contribution < -0.4 is 15.7 Å². The van der Waals surface area contributed by atoms with Crippen LogP contribution in [-0.2, 0) is 0 Å². The van der Waals surface area contributed by atoms with Crippen molar-refractivity contribution < 1.29 is 9.84 Å². The quantitative estimate of drug-likeness (QED) is 0.494. The van der Waals surface area contributed by atoms with Crippen molar-refractivity contribution in [2.75, 3.05) is 12.0 Å². The Morgan fingerprint density at radius 3 is 3.00 bits per heavy atom. The minimum Gasteiger partial charge on any atom is -0.504 e. The highest BCUT2D eigenvalue weighted by Crippen LogP contribution is 2.26. The van der Waals surface area contributed by atoms with Gasteiger partial charge in [0, 0.05) is 0 Å². The van der Waals surface area contributed by atoms with E-state index >= 15 is 0 Å². The summed E-state index contributed by atoms with van der Waals surface area (Å²) in [7, 11) is 0. The number of aromatic hydroxyl groups is 1. The molecule has 0 aliphatic heterocycles. The Balaban J connectivity index is 1.79. The van der Waals surface area contributed by atoms with Gasteiger partial charge in [0.05, 0.1) is 23.7 Å². The minimum atomic E-state index is -0.235. The number of benzene rings is 2. The van der Waals surface area contributed by atoms with E-state index in [1.807, 2.05) is 13.0 Å². The lowest BCUT2D eigenvalue weighted by Crippen LogP contribution is -2.10. The number of aromatic amines is 1. The summed E-state index contributed by atoms with van der Waals surface area (Å²) in [4.78, 5) is 18.9. The van der Waals surface area contributed by atoms with Gasteiger partial charge >= 0.3 is 0 Å². The van der Waals surface area contributed by atoms with E-state index in [0.717, 1.165) is 5.56 Å². The third-order valence-corrected chi connectivity index (χ3v) is 3.28. The standard InChI is InChI=1S/C17H16N4O3/c1-2-24-15-9-11(7-8-14(15)22)10-18-21-17-19-13-6-4-3-5-12(13)16(23)20-17/h3-10,22H,2H2,1H3,(H2,19,20,21,23)/b18-10-. The van der Waals surface area contributed by atoms with E-state index in [-0.39, 0.29) is 17.3 Å². The Morgan fingerprint density at radius 1 is 1.33 bits per heavy atom. The van der Waals surface area contributed by atoms with Crippen LogP contribution in [0.1, 0.15) is 12.5 Å². The SMILES string of the molecule is CCOc1cc(/C=N\Nc2nc3ccccc3c(=O)[nH]2)ccc1O. The number of hydrogen-bond acceptors (Lipinski definition) is 6. The molecule has 0 atom stereocenters. The summed E-state index contributed by atoms with van der Waals surface area (Å²) >= 11 is 0. The number of nitrogens with zero attached hydrogens (tertiary/aromatic N) is 2. The molecular formula is C17H16N4O3. The lowest BCUT2D eigenvalue weighted by atomic mass is 10.2. The maximum absolute atomic E-state index is 12.0. The van der Waals surface area contributed by atoms with E-state index in [2.05, 4.69) is 20.5 Å². The van der Waals surface area contributed by atoms with Crippen LogP contribution in [0, 0.1) is 0 Å². The highest BCUT2D eigenvalue weighted by Gasteiger charge is 2.03. The van der Waals surface area contributed by atoms with Crippen LogP contribution in [0.2, 0.25) is 0 Å². The topological polar surface area (TPSA) is 99.6 Å². The number of ether oxygens (including phenoxy) is 1. The number of fused-ring (bicyclic) bond motifs is 1. The molecule has 3 aromatic rings. The molecule has 0 fully saturated rings. The first kappa shape index (κ1) is 15.5. The summed E-state index contributed by atoms with van der Waals surface area (Å²) in [5, 5.41) is 14.2. The van der Waals surface area contributed by atoms with E-state index in [0.29, 0.717) is 23.3 Å². The van der Waals surface area contributed by atoms with Crippen molar-refractivity contribution in [2.24, 2.45) is 5.10 Å². The third kappa shape index (κ3) is 3.35. The lowest BCUT2D eigenvalue weighted by Gasteiger charge is -2.06. The van der Waals surface area contributed by atoms with E-state index < -0.39 is 0 Å². The van der Waals surface area contributed by atoms with Gasteiger partial charge in [-0.15, -0.1) is 0 Å². The van der Waals surface area contributed by atoms with Crippen LogP contribution in [0.25, 0.3) is 10.9 Å². The van der Waals surface area contributed by atoms with Gasteiger partial charge in [0.2, 0.25) is 5.95 Å². The van der Waals surface area contributed by atoms with Gasteiger partial charge < -0.3 is 9.84 Å². The Hall–Kier alpha value is -3.35. The largest absolute Gasteiger partial charge is 0.504 e. The first-order chi connectivity index (χ1) is 11.7. The zero-order valence-electron chi connectivity index (χ0n) is 13.0. The molecule has 2 aromatic carbocycles. The zero-order valence-corrected chi connectivity index (χ0v) is 13.0. The van der Waals surface area contributed by atoms with Crippen molar-refractivity contribution >= 4 is 23.1 Å². The van der Waals surface area contributed by atoms with Crippen molar-refractivity contribution in [1.29, 1.82) is 0 Å². The summed E-state index contributed by atoms with van der Waals surface area (Å²) < 4.78 is 5.31. The molecule has 0 amide bonds. The molecule has 3 rings (SSSR count). The smallest absolute Gasteiger partial charge is 0.260 e. The maximum Gasteiger partial charge on any atom is 0.260 e. The number of para-hydroxylation sites is 1. The number of nitrogens with one attached hydrogen (secondary N) is 2. The van der Waals surface area contributed by atoms with Crippen LogP contribution in [0.4, 0.5) is 5.95 Å². The molecule has 7 heteroatoms. The first-order valence-corrected chi connectivity index (χ1v) is 7.41. The molecule has 3 N–H and O–H groups in total. The molecular weight excluding hydrogens is 308 g/mol. The Kier molecular flexibility index (Phi) is 4.42. The molecule has 0 unspecified atom stereocenters. The summed E-state index contributed by atoms with van der Waals surface area (Å²) in [6, 6.07) is 12.0. The van der Waals surface area contributed by atoms with Gasteiger partial charge in [-0.2, -0.15) is 5.10 Å². The fraction of sp³-hybridized carbons (Fsp3) is 0.118. The third-order valence-electron chi connectivity index (χ3n) is 3.28. The van der Waals surface area contributed by atoms with Gasteiger partial charge in [-0.1, -0.05) is 12.1 Å². The lowest BCUT2D eigenvalue weighted by molar-refractivity contribution is 0.318. The number of anilines is 1. The molecule has 0 bridgehead atoms. The van der Waals surface area contributed by atoms with Gasteiger partial charge in [0.25, 0.3) is 5.56 Å². The van der Waals surface area contributed by atoms with Crippen LogP contribution in [0.15, 0.2) is 52.4 Å². The van der Waals surface area contributed by atoms with E-state index in [1.165, 1.54) is 12.3 Å². The first-order valence-electron chi connectivity index (χ1n) is 7.41. The average molecular weight is 324 g/mol. The number of H-pyrrole nitrogens is 1. The fourth-order valence-electron chi connectivity index (χ4n) is 2.19. The second-order valence-corrected chi connectivity index (χ2v) is 4.96.